The molecule has 8 nitrogen and oxygen atoms in total. The number of benzene rings is 2. The maximum absolute atomic E-state index is 13.4. The average molecular weight is 514 g/mol. The van der Waals surface area contributed by atoms with E-state index in [1.165, 1.54) is 0 Å². The number of nitrogens with one attached hydrogen (secondary N) is 1. The maximum atomic E-state index is 13.4. The van der Waals surface area contributed by atoms with E-state index in [-0.39, 0.29) is 31.0 Å². The molecule has 1 heterocycles. The lowest BCUT2D eigenvalue weighted by Gasteiger charge is -2.31. The SMILES string of the molecule is CC1=C(C(=O)OCC(C)C#N)C(c2ccccc2OCc2ccccc2)C(C(=O)OCC(C)C#N)=C(C)N1. The van der Waals surface area contributed by atoms with Crippen LogP contribution in [0.25, 0.3) is 0 Å². The Morgan fingerprint density at radius 2 is 1.34 bits per heavy atom. The van der Waals surface area contributed by atoms with Crippen molar-refractivity contribution in [2.75, 3.05) is 13.2 Å². The molecule has 2 unspecified atom stereocenters. The lowest BCUT2D eigenvalue weighted by atomic mass is 9.80. The van der Waals surface area contributed by atoms with E-state index < -0.39 is 29.7 Å². The largest absolute Gasteiger partial charge is 0.489 e. The van der Waals surface area contributed by atoms with E-state index >= 15 is 0 Å². The van der Waals surface area contributed by atoms with Crippen molar-refractivity contribution in [2.45, 2.75) is 40.2 Å². The van der Waals surface area contributed by atoms with Crippen LogP contribution in [0.15, 0.2) is 77.1 Å². The van der Waals surface area contributed by atoms with Crippen LogP contribution >= 0.6 is 0 Å². The first kappa shape index (κ1) is 28.0. The molecule has 0 saturated heterocycles. The molecule has 0 radical (unpaired) electrons. The Labute approximate surface area is 223 Å². The molecule has 0 saturated carbocycles. The summed E-state index contributed by atoms with van der Waals surface area (Å²) in [5.41, 5.74) is 3.02. The van der Waals surface area contributed by atoms with Crippen molar-refractivity contribution in [3.05, 3.63) is 88.3 Å². The fourth-order valence-corrected chi connectivity index (χ4v) is 4.06. The van der Waals surface area contributed by atoms with Gasteiger partial charge in [-0.05, 0) is 39.3 Å². The summed E-state index contributed by atoms with van der Waals surface area (Å²) in [7, 11) is 0. The van der Waals surface area contributed by atoms with E-state index in [1.54, 1.807) is 45.9 Å². The Kier molecular flexibility index (Phi) is 9.67. The van der Waals surface area contributed by atoms with E-state index in [9.17, 15) is 9.59 Å². The van der Waals surface area contributed by atoms with Gasteiger partial charge in [-0.3, -0.25) is 0 Å². The standard InChI is InChI=1S/C30H31N3O5/c1-19(14-31)16-37-29(34)26-21(3)33-22(4)27(30(35)38-17-20(2)15-32)28(26)24-12-8-9-13-25(24)36-18-23-10-6-5-7-11-23/h5-13,19-20,28,33H,16-18H2,1-4H3. The van der Waals surface area contributed by atoms with Crippen molar-refractivity contribution in [1.82, 2.24) is 5.32 Å². The highest BCUT2D eigenvalue weighted by molar-refractivity contribution is 6.00. The number of carbonyl (C=O) groups is 2. The molecule has 1 aliphatic heterocycles. The number of esters is 2. The van der Waals surface area contributed by atoms with E-state index in [0.29, 0.717) is 22.7 Å². The number of rotatable bonds is 10. The normalized spacial score (nSPS) is 16.4. The monoisotopic (exact) mass is 513 g/mol. The summed E-state index contributed by atoms with van der Waals surface area (Å²) in [6.45, 7) is 6.87. The summed E-state index contributed by atoms with van der Waals surface area (Å²) in [6.07, 6.45) is 0. The molecule has 8 heteroatoms. The number of hydrogen-bond donors (Lipinski definition) is 1. The molecule has 0 fully saturated rings. The second-order valence-corrected chi connectivity index (χ2v) is 9.20. The molecule has 0 amide bonds. The molecule has 38 heavy (non-hydrogen) atoms. The third kappa shape index (κ3) is 6.80. The smallest absolute Gasteiger partial charge is 0.336 e. The molecule has 2 aromatic carbocycles. The van der Waals surface area contributed by atoms with Gasteiger partial charge in [0.1, 0.15) is 25.6 Å². The van der Waals surface area contributed by atoms with Gasteiger partial charge < -0.3 is 19.5 Å². The summed E-state index contributed by atoms with van der Waals surface area (Å²) >= 11 is 0. The fraction of sp³-hybridized carbons (Fsp3) is 0.333. The van der Waals surface area contributed by atoms with Gasteiger partial charge in [-0.25, -0.2) is 9.59 Å². The highest BCUT2D eigenvalue weighted by Crippen LogP contribution is 2.43. The van der Waals surface area contributed by atoms with Crippen molar-refractivity contribution in [3.8, 4) is 17.9 Å². The number of allylic oxidation sites excluding steroid dienone is 2. The highest BCUT2D eigenvalue weighted by atomic mass is 16.5. The van der Waals surface area contributed by atoms with Crippen molar-refractivity contribution in [1.29, 1.82) is 10.5 Å². The number of dihydropyridines is 1. The first-order chi connectivity index (χ1) is 18.3. The summed E-state index contributed by atoms with van der Waals surface area (Å²) < 4.78 is 17.2. The first-order valence-corrected chi connectivity index (χ1v) is 12.3. The lowest BCUT2D eigenvalue weighted by molar-refractivity contribution is -0.140. The van der Waals surface area contributed by atoms with Crippen molar-refractivity contribution >= 4 is 11.9 Å². The predicted molar refractivity (Wildman–Crippen MR) is 140 cm³/mol. The third-order valence-corrected chi connectivity index (χ3v) is 6.04. The van der Waals surface area contributed by atoms with Gasteiger partial charge in [-0.1, -0.05) is 48.5 Å². The minimum atomic E-state index is -0.863. The quantitative estimate of drug-likeness (QED) is 0.445. The zero-order valence-corrected chi connectivity index (χ0v) is 22.0. The minimum Gasteiger partial charge on any atom is -0.489 e. The third-order valence-electron chi connectivity index (χ3n) is 6.04. The summed E-state index contributed by atoms with van der Waals surface area (Å²) in [4.78, 5) is 26.8. The Morgan fingerprint density at radius 3 is 1.87 bits per heavy atom. The van der Waals surface area contributed by atoms with Crippen molar-refractivity contribution in [3.63, 3.8) is 0 Å². The van der Waals surface area contributed by atoms with Gasteiger partial charge in [0, 0.05) is 17.0 Å². The van der Waals surface area contributed by atoms with Gasteiger partial charge in [-0.15, -0.1) is 0 Å². The second-order valence-electron chi connectivity index (χ2n) is 9.20. The van der Waals surface area contributed by atoms with Crippen LogP contribution in [0.1, 0.15) is 44.7 Å². The van der Waals surface area contributed by atoms with Gasteiger partial charge in [0.05, 0.1) is 41.0 Å². The number of hydrogen-bond acceptors (Lipinski definition) is 8. The summed E-state index contributed by atoms with van der Waals surface area (Å²) in [5.74, 6) is -2.66. The van der Waals surface area contributed by atoms with Crippen LogP contribution in [0.2, 0.25) is 0 Å². The van der Waals surface area contributed by atoms with Crippen LogP contribution in [0.5, 0.6) is 5.75 Å². The molecule has 0 aromatic heterocycles. The second kappa shape index (κ2) is 13.1. The Balaban J connectivity index is 2.06. The van der Waals surface area contributed by atoms with Gasteiger partial charge in [0.25, 0.3) is 0 Å². The topological polar surface area (TPSA) is 121 Å². The maximum Gasteiger partial charge on any atom is 0.336 e. The van der Waals surface area contributed by atoms with Crippen molar-refractivity contribution < 1.29 is 23.8 Å². The molecule has 0 bridgehead atoms. The minimum absolute atomic E-state index is 0.0901. The van der Waals surface area contributed by atoms with E-state index in [1.807, 2.05) is 48.5 Å². The molecular formula is C30H31N3O5. The average Bonchev–Trinajstić information content (AvgIpc) is 2.93. The van der Waals surface area contributed by atoms with Crippen molar-refractivity contribution in [2.24, 2.45) is 11.8 Å². The van der Waals surface area contributed by atoms with Gasteiger partial charge in [0.15, 0.2) is 0 Å². The molecule has 1 N–H and O–H groups in total. The molecule has 1 aliphatic rings. The lowest BCUT2D eigenvalue weighted by Crippen LogP contribution is -2.33. The summed E-state index contributed by atoms with van der Waals surface area (Å²) in [6, 6.07) is 20.9. The fourth-order valence-electron chi connectivity index (χ4n) is 4.06. The van der Waals surface area contributed by atoms with E-state index in [0.717, 1.165) is 5.56 Å². The zero-order chi connectivity index (χ0) is 27.7. The van der Waals surface area contributed by atoms with E-state index in [4.69, 9.17) is 24.7 Å². The van der Waals surface area contributed by atoms with E-state index in [2.05, 4.69) is 5.32 Å². The van der Waals surface area contributed by atoms with Gasteiger partial charge in [-0.2, -0.15) is 10.5 Å². The Bertz CT molecular complexity index is 1260. The van der Waals surface area contributed by atoms with Crippen LogP contribution in [-0.2, 0) is 25.7 Å². The zero-order valence-electron chi connectivity index (χ0n) is 22.0. The molecular weight excluding hydrogens is 482 g/mol. The molecule has 196 valence electrons. The molecule has 3 rings (SSSR count). The molecule has 2 aromatic rings. The molecule has 0 spiro atoms. The van der Waals surface area contributed by atoms with Crippen LogP contribution < -0.4 is 10.1 Å². The van der Waals surface area contributed by atoms with Crippen LogP contribution in [0.4, 0.5) is 0 Å². The number of ether oxygens (including phenoxy) is 3. The predicted octanol–water partition coefficient (Wildman–Crippen LogP) is 4.91. The number of nitrogens with zero attached hydrogens (tertiary/aromatic N) is 2. The van der Waals surface area contributed by atoms with Crippen LogP contribution in [0, 0.1) is 34.5 Å². The Hall–Kier alpha value is -4.56. The Morgan fingerprint density at radius 1 is 0.842 bits per heavy atom. The van der Waals surface area contributed by atoms with Crippen LogP contribution in [0.3, 0.4) is 0 Å². The number of nitriles is 2. The number of carbonyl (C=O) groups excluding carboxylic acids is 2. The molecule has 0 aliphatic carbocycles. The van der Waals surface area contributed by atoms with Gasteiger partial charge in [0.2, 0.25) is 0 Å². The van der Waals surface area contributed by atoms with Gasteiger partial charge >= 0.3 is 11.9 Å². The first-order valence-electron chi connectivity index (χ1n) is 12.3. The summed E-state index contributed by atoms with van der Waals surface area (Å²) in [5, 5.41) is 21.4. The molecule has 2 atom stereocenters. The highest BCUT2D eigenvalue weighted by Gasteiger charge is 2.39. The van der Waals surface area contributed by atoms with Crippen LogP contribution in [-0.4, -0.2) is 25.2 Å². The number of para-hydroxylation sites is 1.